The molecule has 1 amide bonds. The summed E-state index contributed by atoms with van der Waals surface area (Å²) >= 11 is 12.0. The van der Waals surface area contributed by atoms with Crippen LogP contribution in [0.15, 0.2) is 78.9 Å². The van der Waals surface area contributed by atoms with E-state index in [0.29, 0.717) is 27.0 Å². The van der Waals surface area contributed by atoms with Gasteiger partial charge >= 0.3 is 0 Å². The predicted molar refractivity (Wildman–Crippen MR) is 132 cm³/mol. The average Bonchev–Trinajstić information content (AvgIpc) is 3.23. The summed E-state index contributed by atoms with van der Waals surface area (Å²) in [5.74, 6) is 0.0685. The lowest BCUT2D eigenvalue weighted by Gasteiger charge is -2.15. The summed E-state index contributed by atoms with van der Waals surface area (Å²) in [7, 11) is 0. The molecular formula is C25H18Cl2N4O2. The highest BCUT2D eigenvalue weighted by Crippen LogP contribution is 2.29. The third-order valence-electron chi connectivity index (χ3n) is 5.20. The lowest BCUT2D eigenvalue weighted by Crippen LogP contribution is -2.30. The molecular weight excluding hydrogens is 459 g/mol. The zero-order chi connectivity index (χ0) is 22.9. The number of carbonyl (C=O) groups is 1. The molecule has 1 aromatic heterocycles. The quantitative estimate of drug-likeness (QED) is 0.323. The fraction of sp³-hybridized carbons (Fsp3) is 0.0800. The molecule has 0 aliphatic rings. The summed E-state index contributed by atoms with van der Waals surface area (Å²) in [5, 5.41) is 15.1. The molecule has 1 unspecified atom stereocenters. The number of ether oxygens (including phenoxy) is 1. The van der Waals surface area contributed by atoms with Gasteiger partial charge in [0.1, 0.15) is 16.8 Å². The van der Waals surface area contributed by atoms with Crippen LogP contribution in [0.2, 0.25) is 10.0 Å². The minimum Gasteiger partial charge on any atom is -0.479 e. The van der Waals surface area contributed by atoms with Crippen LogP contribution in [0.5, 0.6) is 5.75 Å². The number of halogens is 2. The van der Waals surface area contributed by atoms with E-state index in [9.17, 15) is 4.79 Å². The molecule has 1 N–H and O–H groups in total. The number of carbonyl (C=O) groups excluding carboxylic acids is 1. The van der Waals surface area contributed by atoms with E-state index in [2.05, 4.69) is 27.6 Å². The van der Waals surface area contributed by atoms with Crippen LogP contribution in [0.1, 0.15) is 6.92 Å². The van der Waals surface area contributed by atoms with Crippen molar-refractivity contribution in [2.24, 2.45) is 0 Å². The number of hydrogen-bond donors (Lipinski definition) is 1. The third-order valence-corrected chi connectivity index (χ3v) is 5.73. The largest absolute Gasteiger partial charge is 0.479 e. The van der Waals surface area contributed by atoms with Crippen molar-refractivity contribution in [3.05, 3.63) is 88.9 Å². The summed E-state index contributed by atoms with van der Waals surface area (Å²) in [6.07, 6.45) is -0.772. The highest BCUT2D eigenvalue weighted by atomic mass is 35.5. The molecule has 1 heterocycles. The first-order valence-corrected chi connectivity index (χ1v) is 11.0. The normalized spacial score (nSPS) is 12.1. The SMILES string of the molecule is CC(Oc1ccc(Cl)cc1Cl)C(=O)Nc1ccc2nn(-c3cccc4ccccc34)nc2c1. The van der Waals surface area contributed by atoms with Gasteiger partial charge in [0.05, 0.1) is 10.7 Å². The van der Waals surface area contributed by atoms with E-state index in [1.54, 1.807) is 42.1 Å². The van der Waals surface area contributed by atoms with E-state index >= 15 is 0 Å². The van der Waals surface area contributed by atoms with Crippen LogP contribution in [0, 0.1) is 0 Å². The fourth-order valence-corrected chi connectivity index (χ4v) is 3.99. The van der Waals surface area contributed by atoms with Gasteiger partial charge in [0.2, 0.25) is 0 Å². The molecule has 1 atom stereocenters. The predicted octanol–water partition coefficient (Wildman–Crippen LogP) is 6.29. The van der Waals surface area contributed by atoms with Crippen LogP contribution in [0.3, 0.4) is 0 Å². The highest BCUT2D eigenvalue weighted by Gasteiger charge is 2.17. The summed E-state index contributed by atoms with van der Waals surface area (Å²) in [6, 6.07) is 24.3. The highest BCUT2D eigenvalue weighted by molar-refractivity contribution is 6.35. The van der Waals surface area contributed by atoms with Gasteiger partial charge < -0.3 is 10.1 Å². The van der Waals surface area contributed by atoms with Crippen LogP contribution in [-0.2, 0) is 4.79 Å². The molecule has 6 nitrogen and oxygen atoms in total. The van der Waals surface area contributed by atoms with Crippen molar-refractivity contribution in [1.29, 1.82) is 0 Å². The molecule has 0 bridgehead atoms. The molecule has 0 saturated heterocycles. The lowest BCUT2D eigenvalue weighted by atomic mass is 10.1. The molecule has 0 radical (unpaired) electrons. The second-order valence-electron chi connectivity index (χ2n) is 7.52. The molecule has 0 aliphatic carbocycles. The maximum absolute atomic E-state index is 12.7. The first-order chi connectivity index (χ1) is 16.0. The van der Waals surface area contributed by atoms with Gasteiger partial charge in [-0.05, 0) is 54.8 Å². The van der Waals surface area contributed by atoms with E-state index in [4.69, 9.17) is 27.9 Å². The van der Waals surface area contributed by atoms with E-state index < -0.39 is 6.10 Å². The number of aromatic nitrogens is 3. The van der Waals surface area contributed by atoms with Gasteiger partial charge in [-0.2, -0.15) is 0 Å². The molecule has 0 aliphatic heterocycles. The summed E-state index contributed by atoms with van der Waals surface area (Å²) < 4.78 is 5.69. The first-order valence-electron chi connectivity index (χ1n) is 10.3. The molecule has 5 rings (SSSR count). The molecule has 4 aromatic carbocycles. The Balaban J connectivity index is 1.37. The Morgan fingerprint density at radius 2 is 1.73 bits per heavy atom. The van der Waals surface area contributed by atoms with Crippen molar-refractivity contribution < 1.29 is 9.53 Å². The van der Waals surface area contributed by atoms with Gasteiger partial charge in [0.15, 0.2) is 6.10 Å². The maximum Gasteiger partial charge on any atom is 0.265 e. The van der Waals surface area contributed by atoms with Crippen molar-refractivity contribution in [2.75, 3.05) is 5.32 Å². The Hall–Kier alpha value is -3.61. The summed E-state index contributed by atoms with van der Waals surface area (Å²) in [5.41, 5.74) is 2.86. The van der Waals surface area contributed by atoms with Gasteiger partial charge in [0.25, 0.3) is 5.91 Å². The van der Waals surface area contributed by atoms with E-state index in [-0.39, 0.29) is 5.91 Å². The average molecular weight is 477 g/mol. The van der Waals surface area contributed by atoms with E-state index in [0.717, 1.165) is 22.0 Å². The standard InChI is InChI=1S/C25H18Cl2N4O2/c1-15(33-24-12-9-17(26)13-20(24)27)25(32)28-18-10-11-21-22(14-18)30-31(29-21)23-8-4-6-16-5-2-3-7-19(16)23/h2-15H,1H3,(H,28,32). The summed E-state index contributed by atoms with van der Waals surface area (Å²) in [4.78, 5) is 14.3. The monoisotopic (exact) mass is 476 g/mol. The van der Waals surface area contributed by atoms with Crippen molar-refractivity contribution in [3.8, 4) is 11.4 Å². The number of fused-ring (bicyclic) bond motifs is 2. The minimum absolute atomic E-state index is 0.318. The van der Waals surface area contributed by atoms with Gasteiger partial charge in [-0.25, -0.2) is 0 Å². The molecule has 0 fully saturated rings. The number of hydrogen-bond acceptors (Lipinski definition) is 4. The number of rotatable bonds is 5. The third kappa shape index (κ3) is 4.35. The zero-order valence-corrected chi connectivity index (χ0v) is 19.0. The number of nitrogens with zero attached hydrogens (tertiary/aromatic N) is 3. The molecule has 33 heavy (non-hydrogen) atoms. The van der Waals surface area contributed by atoms with Gasteiger partial charge in [-0.15, -0.1) is 15.0 Å². The van der Waals surface area contributed by atoms with Crippen molar-refractivity contribution in [2.45, 2.75) is 13.0 Å². The second kappa shape index (κ2) is 8.73. The minimum atomic E-state index is -0.772. The van der Waals surface area contributed by atoms with Crippen molar-refractivity contribution in [3.63, 3.8) is 0 Å². The Bertz CT molecular complexity index is 1490. The van der Waals surface area contributed by atoms with Crippen LogP contribution >= 0.6 is 23.2 Å². The zero-order valence-electron chi connectivity index (χ0n) is 17.5. The Morgan fingerprint density at radius 3 is 2.58 bits per heavy atom. The topological polar surface area (TPSA) is 69.0 Å². The maximum atomic E-state index is 12.7. The van der Waals surface area contributed by atoms with Gasteiger partial charge in [0, 0.05) is 16.1 Å². The van der Waals surface area contributed by atoms with E-state index in [1.165, 1.54) is 0 Å². The van der Waals surface area contributed by atoms with Crippen LogP contribution in [0.4, 0.5) is 5.69 Å². The van der Waals surface area contributed by atoms with Crippen LogP contribution in [-0.4, -0.2) is 27.0 Å². The Morgan fingerprint density at radius 1 is 0.939 bits per heavy atom. The summed E-state index contributed by atoms with van der Waals surface area (Å²) in [6.45, 7) is 1.65. The van der Waals surface area contributed by atoms with E-state index in [1.807, 2.05) is 36.4 Å². The molecule has 164 valence electrons. The number of benzene rings is 4. The fourth-order valence-electron chi connectivity index (χ4n) is 3.54. The van der Waals surface area contributed by atoms with Crippen LogP contribution < -0.4 is 10.1 Å². The lowest BCUT2D eigenvalue weighted by molar-refractivity contribution is -0.122. The van der Waals surface area contributed by atoms with Crippen molar-refractivity contribution >= 4 is 56.6 Å². The molecule has 0 spiro atoms. The van der Waals surface area contributed by atoms with Gasteiger partial charge in [-0.3, -0.25) is 4.79 Å². The smallest absolute Gasteiger partial charge is 0.265 e. The van der Waals surface area contributed by atoms with Gasteiger partial charge in [-0.1, -0.05) is 59.6 Å². The second-order valence-corrected chi connectivity index (χ2v) is 8.36. The number of nitrogens with one attached hydrogen (secondary N) is 1. The first kappa shape index (κ1) is 21.2. The molecule has 8 heteroatoms. The Labute approximate surface area is 199 Å². The number of amides is 1. The molecule has 0 saturated carbocycles. The Kier molecular flexibility index (Phi) is 5.62. The van der Waals surface area contributed by atoms with Crippen molar-refractivity contribution in [1.82, 2.24) is 15.0 Å². The van der Waals surface area contributed by atoms with Crippen LogP contribution in [0.25, 0.3) is 27.5 Å². The number of anilines is 1. The molecule has 5 aromatic rings.